The van der Waals surface area contributed by atoms with Crippen LogP contribution in [0.1, 0.15) is 30.3 Å². The molecule has 4 rings (SSSR count). The molecule has 3 aromatic rings. The van der Waals surface area contributed by atoms with Crippen molar-refractivity contribution in [2.24, 2.45) is 4.99 Å². The van der Waals surface area contributed by atoms with Gasteiger partial charge in [-0.3, -0.25) is 9.36 Å². The summed E-state index contributed by atoms with van der Waals surface area (Å²) in [5.41, 5.74) is 1.57. The first-order valence-electron chi connectivity index (χ1n) is 9.41. The van der Waals surface area contributed by atoms with Gasteiger partial charge in [-0.15, -0.1) is 11.3 Å². The Morgan fingerprint density at radius 1 is 1.27 bits per heavy atom. The van der Waals surface area contributed by atoms with E-state index in [-0.39, 0.29) is 12.2 Å². The zero-order chi connectivity index (χ0) is 21.3. The van der Waals surface area contributed by atoms with Crippen molar-refractivity contribution in [2.45, 2.75) is 19.9 Å². The van der Waals surface area contributed by atoms with E-state index in [4.69, 9.17) is 9.47 Å². The van der Waals surface area contributed by atoms with Crippen LogP contribution in [0.3, 0.4) is 0 Å². The second-order valence-electron chi connectivity index (χ2n) is 6.56. The Bertz CT molecular complexity index is 1300. The zero-order valence-electron chi connectivity index (χ0n) is 16.7. The Hall–Kier alpha value is -2.97. The molecule has 30 heavy (non-hydrogen) atoms. The Balaban J connectivity index is 1.95. The minimum atomic E-state index is -0.555. The van der Waals surface area contributed by atoms with Crippen molar-refractivity contribution in [1.29, 1.82) is 0 Å². The number of hydrogen-bond donors (Lipinski definition) is 0. The van der Waals surface area contributed by atoms with E-state index in [1.807, 2.05) is 41.8 Å². The van der Waals surface area contributed by atoms with Crippen LogP contribution in [0.5, 0.6) is 5.75 Å². The molecule has 0 fully saturated rings. The first kappa shape index (κ1) is 20.3. The monoisotopic (exact) mass is 440 g/mol. The molecule has 1 aliphatic heterocycles. The van der Waals surface area contributed by atoms with Crippen LogP contribution < -0.4 is 19.6 Å². The largest absolute Gasteiger partial charge is 0.496 e. The van der Waals surface area contributed by atoms with Crippen molar-refractivity contribution >= 4 is 34.7 Å². The van der Waals surface area contributed by atoms with E-state index in [0.29, 0.717) is 26.4 Å². The average Bonchev–Trinajstić information content (AvgIpc) is 3.36. The highest BCUT2D eigenvalue weighted by molar-refractivity contribution is 7.10. The third kappa shape index (κ3) is 3.53. The number of esters is 1. The van der Waals surface area contributed by atoms with Crippen LogP contribution >= 0.6 is 22.7 Å². The molecule has 0 saturated heterocycles. The predicted octanol–water partition coefficient (Wildman–Crippen LogP) is 2.87. The molecule has 1 atom stereocenters. The summed E-state index contributed by atoms with van der Waals surface area (Å²) >= 11 is 2.79. The predicted molar refractivity (Wildman–Crippen MR) is 118 cm³/mol. The van der Waals surface area contributed by atoms with Gasteiger partial charge in [0, 0.05) is 10.4 Å². The Kier molecular flexibility index (Phi) is 5.69. The molecule has 8 heteroatoms. The number of ether oxygens (including phenoxy) is 2. The third-order valence-electron chi connectivity index (χ3n) is 4.76. The van der Waals surface area contributed by atoms with Crippen LogP contribution in [0, 0.1) is 0 Å². The quantitative estimate of drug-likeness (QED) is 0.572. The summed E-state index contributed by atoms with van der Waals surface area (Å²) in [5.74, 6) is 0.234. The maximum atomic E-state index is 13.4. The minimum Gasteiger partial charge on any atom is -0.496 e. The maximum absolute atomic E-state index is 13.4. The highest BCUT2D eigenvalue weighted by Crippen LogP contribution is 2.33. The molecule has 2 aromatic heterocycles. The van der Waals surface area contributed by atoms with Gasteiger partial charge in [-0.1, -0.05) is 35.6 Å². The van der Waals surface area contributed by atoms with E-state index in [0.717, 1.165) is 10.4 Å². The molecule has 0 saturated carbocycles. The van der Waals surface area contributed by atoms with Gasteiger partial charge in [0.25, 0.3) is 5.56 Å². The highest BCUT2D eigenvalue weighted by atomic mass is 32.1. The SMILES string of the molecule is CCOC(=O)C1=C(C)N=c2s/c(=C\c3ccccc3OC)c(=O)n2C1c1cccs1. The Labute approximate surface area is 181 Å². The third-order valence-corrected chi connectivity index (χ3v) is 6.66. The molecule has 154 valence electrons. The molecule has 0 N–H and O–H groups in total. The van der Waals surface area contributed by atoms with Gasteiger partial charge in [0.15, 0.2) is 4.80 Å². The lowest BCUT2D eigenvalue weighted by atomic mass is 10.0. The van der Waals surface area contributed by atoms with Gasteiger partial charge in [0.1, 0.15) is 11.8 Å². The van der Waals surface area contributed by atoms with E-state index in [1.54, 1.807) is 31.6 Å². The molecule has 0 spiro atoms. The molecule has 6 nitrogen and oxygen atoms in total. The summed E-state index contributed by atoms with van der Waals surface area (Å²) in [6.07, 6.45) is 1.80. The van der Waals surface area contributed by atoms with E-state index < -0.39 is 12.0 Å². The van der Waals surface area contributed by atoms with Gasteiger partial charge >= 0.3 is 5.97 Å². The van der Waals surface area contributed by atoms with E-state index in [2.05, 4.69) is 4.99 Å². The average molecular weight is 441 g/mol. The van der Waals surface area contributed by atoms with Crippen molar-refractivity contribution < 1.29 is 14.3 Å². The van der Waals surface area contributed by atoms with Gasteiger partial charge in [-0.05, 0) is 37.4 Å². The molecular weight excluding hydrogens is 420 g/mol. The van der Waals surface area contributed by atoms with Crippen molar-refractivity contribution in [2.75, 3.05) is 13.7 Å². The summed E-state index contributed by atoms with van der Waals surface area (Å²) < 4.78 is 12.8. The molecule has 0 bridgehead atoms. The number of thiophene rings is 1. The number of carbonyl (C=O) groups excluding carboxylic acids is 1. The molecule has 1 aromatic carbocycles. The normalized spacial score (nSPS) is 16.2. The number of carbonyl (C=O) groups is 1. The van der Waals surface area contributed by atoms with Crippen LogP contribution in [0.15, 0.2) is 62.8 Å². The minimum absolute atomic E-state index is 0.197. The van der Waals surface area contributed by atoms with Crippen molar-refractivity contribution in [3.63, 3.8) is 0 Å². The number of methoxy groups -OCH3 is 1. The van der Waals surface area contributed by atoms with Gasteiger partial charge in [-0.25, -0.2) is 9.79 Å². The second-order valence-corrected chi connectivity index (χ2v) is 8.55. The molecule has 0 radical (unpaired) electrons. The van der Waals surface area contributed by atoms with Crippen LogP contribution in [-0.2, 0) is 9.53 Å². The highest BCUT2D eigenvalue weighted by Gasteiger charge is 2.33. The van der Waals surface area contributed by atoms with Crippen molar-refractivity contribution in [3.8, 4) is 5.75 Å². The number of rotatable bonds is 5. The fourth-order valence-electron chi connectivity index (χ4n) is 3.43. The number of hydrogen-bond acceptors (Lipinski definition) is 7. The first-order chi connectivity index (χ1) is 14.5. The van der Waals surface area contributed by atoms with Crippen molar-refractivity contribution in [3.05, 3.63) is 83.2 Å². The second kappa shape index (κ2) is 8.41. The number of aromatic nitrogens is 1. The van der Waals surface area contributed by atoms with E-state index >= 15 is 0 Å². The maximum Gasteiger partial charge on any atom is 0.338 e. The van der Waals surface area contributed by atoms with E-state index in [1.165, 1.54) is 22.7 Å². The topological polar surface area (TPSA) is 69.9 Å². The number of para-hydroxylation sites is 1. The summed E-state index contributed by atoms with van der Waals surface area (Å²) in [5, 5.41) is 1.93. The Morgan fingerprint density at radius 3 is 2.77 bits per heavy atom. The zero-order valence-corrected chi connectivity index (χ0v) is 18.4. The molecule has 1 unspecified atom stereocenters. The van der Waals surface area contributed by atoms with Gasteiger partial charge < -0.3 is 9.47 Å². The fourth-order valence-corrected chi connectivity index (χ4v) is 5.30. The smallest absolute Gasteiger partial charge is 0.338 e. The van der Waals surface area contributed by atoms with Gasteiger partial charge in [0.2, 0.25) is 0 Å². The van der Waals surface area contributed by atoms with E-state index in [9.17, 15) is 9.59 Å². The lowest BCUT2D eigenvalue weighted by Gasteiger charge is -2.23. The number of nitrogens with zero attached hydrogens (tertiary/aromatic N) is 2. The molecule has 0 aliphatic carbocycles. The Morgan fingerprint density at radius 2 is 2.07 bits per heavy atom. The molecule has 3 heterocycles. The summed E-state index contributed by atoms with van der Waals surface area (Å²) in [6, 6.07) is 10.8. The first-order valence-corrected chi connectivity index (χ1v) is 11.1. The fraction of sp³-hybridized carbons (Fsp3) is 0.227. The number of fused-ring (bicyclic) bond motifs is 1. The number of benzene rings is 1. The summed E-state index contributed by atoms with van der Waals surface area (Å²) in [7, 11) is 1.60. The molecular formula is C22H20N2O4S2. The molecule has 1 aliphatic rings. The lowest BCUT2D eigenvalue weighted by Crippen LogP contribution is -2.39. The summed E-state index contributed by atoms with van der Waals surface area (Å²) in [4.78, 5) is 32.2. The van der Waals surface area contributed by atoms with Gasteiger partial charge in [-0.2, -0.15) is 0 Å². The number of thiazole rings is 1. The number of allylic oxidation sites excluding steroid dienone is 1. The van der Waals surface area contributed by atoms with Crippen LogP contribution in [0.2, 0.25) is 0 Å². The van der Waals surface area contributed by atoms with Crippen LogP contribution in [0.4, 0.5) is 0 Å². The van der Waals surface area contributed by atoms with Crippen LogP contribution in [-0.4, -0.2) is 24.3 Å². The standard InChI is InChI=1S/C22H20N2O4S2/c1-4-28-21(26)18-13(2)23-22-24(19(18)16-10-7-11-29-16)20(25)17(30-22)12-14-8-5-6-9-15(14)27-3/h5-12,19H,4H2,1-3H3/b17-12-. The van der Waals surface area contributed by atoms with Crippen LogP contribution in [0.25, 0.3) is 6.08 Å². The lowest BCUT2D eigenvalue weighted by molar-refractivity contribution is -0.139. The van der Waals surface area contributed by atoms with Crippen molar-refractivity contribution in [1.82, 2.24) is 4.57 Å². The molecule has 0 amide bonds. The van der Waals surface area contributed by atoms with Gasteiger partial charge in [0.05, 0.1) is 29.5 Å². The summed E-state index contributed by atoms with van der Waals surface area (Å²) in [6.45, 7) is 3.80.